The van der Waals surface area contributed by atoms with E-state index in [0.717, 1.165) is 29.7 Å². The number of fused-ring (bicyclic) bond motifs is 1. The fourth-order valence-corrected chi connectivity index (χ4v) is 3.11. The predicted octanol–water partition coefficient (Wildman–Crippen LogP) is 4.58. The molecule has 0 radical (unpaired) electrons. The summed E-state index contributed by atoms with van der Waals surface area (Å²) in [5, 5.41) is 4.42. The van der Waals surface area contributed by atoms with Crippen LogP contribution in [-0.4, -0.2) is 6.54 Å². The second-order valence-electron chi connectivity index (χ2n) is 4.68. The molecule has 20 heavy (non-hydrogen) atoms. The summed E-state index contributed by atoms with van der Waals surface area (Å²) >= 11 is 1.73. The Bertz CT molecular complexity index is 700. The third-order valence-electron chi connectivity index (χ3n) is 3.28. The maximum Gasteiger partial charge on any atom is 0.141 e. The van der Waals surface area contributed by atoms with Gasteiger partial charge in [-0.1, -0.05) is 36.4 Å². The molecule has 2 N–H and O–H groups in total. The van der Waals surface area contributed by atoms with E-state index in [2.05, 4.69) is 23.6 Å². The van der Waals surface area contributed by atoms with E-state index in [9.17, 15) is 0 Å². The normalized spacial score (nSPS) is 10.8. The second-order valence-corrected chi connectivity index (χ2v) is 5.68. The van der Waals surface area contributed by atoms with Crippen molar-refractivity contribution in [1.29, 1.82) is 0 Å². The maximum absolute atomic E-state index is 6.13. The van der Waals surface area contributed by atoms with Crippen molar-refractivity contribution in [2.45, 2.75) is 12.8 Å². The van der Waals surface area contributed by atoms with Crippen molar-refractivity contribution < 1.29 is 4.74 Å². The lowest BCUT2D eigenvalue weighted by Gasteiger charge is -2.09. The molecule has 0 fully saturated rings. The first-order valence-corrected chi connectivity index (χ1v) is 7.68. The van der Waals surface area contributed by atoms with Gasteiger partial charge in [-0.2, -0.15) is 0 Å². The summed E-state index contributed by atoms with van der Waals surface area (Å²) in [7, 11) is 0. The van der Waals surface area contributed by atoms with E-state index in [1.165, 1.54) is 10.3 Å². The molecule has 1 heterocycles. The van der Waals surface area contributed by atoms with Crippen molar-refractivity contribution in [1.82, 2.24) is 0 Å². The summed E-state index contributed by atoms with van der Waals surface area (Å²) in [6, 6.07) is 16.5. The van der Waals surface area contributed by atoms with Gasteiger partial charge in [0.1, 0.15) is 11.5 Å². The minimum Gasteiger partial charge on any atom is -0.456 e. The van der Waals surface area contributed by atoms with Crippen LogP contribution in [0.25, 0.3) is 10.8 Å². The SMILES string of the molecule is NCCCc1sccc1Oc1cccc2ccccc12. The molecule has 3 aromatic rings. The van der Waals surface area contributed by atoms with E-state index in [0.29, 0.717) is 6.54 Å². The van der Waals surface area contributed by atoms with Crippen LogP contribution < -0.4 is 10.5 Å². The lowest BCUT2D eigenvalue weighted by molar-refractivity contribution is 0.484. The number of rotatable bonds is 5. The van der Waals surface area contributed by atoms with Crippen LogP contribution in [0.4, 0.5) is 0 Å². The molecule has 0 bridgehead atoms. The number of hydrogen-bond acceptors (Lipinski definition) is 3. The molecule has 2 aromatic carbocycles. The van der Waals surface area contributed by atoms with Crippen LogP contribution in [0.15, 0.2) is 53.9 Å². The average molecular weight is 283 g/mol. The summed E-state index contributed by atoms with van der Waals surface area (Å²) in [4.78, 5) is 1.27. The molecule has 0 saturated carbocycles. The van der Waals surface area contributed by atoms with Crippen LogP contribution in [0, 0.1) is 0 Å². The Morgan fingerprint density at radius 1 is 0.950 bits per heavy atom. The van der Waals surface area contributed by atoms with Gasteiger partial charge in [0.25, 0.3) is 0 Å². The zero-order valence-electron chi connectivity index (χ0n) is 11.2. The molecule has 0 aliphatic heterocycles. The van der Waals surface area contributed by atoms with Crippen molar-refractivity contribution in [2.75, 3.05) is 6.54 Å². The van der Waals surface area contributed by atoms with Crippen LogP contribution >= 0.6 is 11.3 Å². The smallest absolute Gasteiger partial charge is 0.141 e. The summed E-state index contributed by atoms with van der Waals surface area (Å²) in [5.41, 5.74) is 5.59. The minimum absolute atomic E-state index is 0.714. The number of thiophene rings is 1. The average Bonchev–Trinajstić information content (AvgIpc) is 2.93. The van der Waals surface area contributed by atoms with E-state index in [4.69, 9.17) is 10.5 Å². The summed E-state index contributed by atoms with van der Waals surface area (Å²) < 4.78 is 6.13. The zero-order valence-corrected chi connectivity index (χ0v) is 12.0. The van der Waals surface area contributed by atoms with E-state index >= 15 is 0 Å². The molecular weight excluding hydrogens is 266 g/mol. The lowest BCUT2D eigenvalue weighted by atomic mass is 10.1. The number of hydrogen-bond donors (Lipinski definition) is 1. The molecule has 1 aromatic heterocycles. The topological polar surface area (TPSA) is 35.2 Å². The van der Waals surface area contributed by atoms with Gasteiger partial charge >= 0.3 is 0 Å². The van der Waals surface area contributed by atoms with Crippen LogP contribution in [-0.2, 0) is 6.42 Å². The monoisotopic (exact) mass is 283 g/mol. The Morgan fingerprint density at radius 3 is 2.70 bits per heavy atom. The minimum atomic E-state index is 0.714. The quantitative estimate of drug-likeness (QED) is 0.743. The highest BCUT2D eigenvalue weighted by Gasteiger charge is 2.08. The van der Waals surface area contributed by atoms with Gasteiger partial charge in [0, 0.05) is 10.3 Å². The fourth-order valence-electron chi connectivity index (χ4n) is 2.27. The van der Waals surface area contributed by atoms with Crippen LogP contribution in [0.3, 0.4) is 0 Å². The van der Waals surface area contributed by atoms with Crippen molar-refractivity contribution in [2.24, 2.45) is 5.73 Å². The van der Waals surface area contributed by atoms with Gasteiger partial charge < -0.3 is 10.5 Å². The molecule has 0 atom stereocenters. The highest BCUT2D eigenvalue weighted by Crippen LogP contribution is 2.34. The Morgan fingerprint density at radius 2 is 1.80 bits per heavy atom. The van der Waals surface area contributed by atoms with E-state index in [1.807, 2.05) is 30.3 Å². The molecule has 102 valence electrons. The molecule has 0 amide bonds. The Balaban J connectivity index is 1.92. The van der Waals surface area contributed by atoms with E-state index in [1.54, 1.807) is 11.3 Å². The molecule has 0 aliphatic rings. The first-order chi connectivity index (χ1) is 9.88. The van der Waals surface area contributed by atoms with Gasteiger partial charge in [-0.3, -0.25) is 0 Å². The molecule has 2 nitrogen and oxygen atoms in total. The van der Waals surface area contributed by atoms with Crippen molar-refractivity contribution in [3.8, 4) is 11.5 Å². The summed E-state index contributed by atoms with van der Waals surface area (Å²) in [6.07, 6.45) is 1.97. The van der Waals surface area contributed by atoms with Crippen molar-refractivity contribution >= 4 is 22.1 Å². The van der Waals surface area contributed by atoms with Gasteiger partial charge in [-0.25, -0.2) is 0 Å². The maximum atomic E-state index is 6.13. The third-order valence-corrected chi connectivity index (χ3v) is 4.24. The van der Waals surface area contributed by atoms with Gasteiger partial charge in [0.05, 0.1) is 0 Å². The van der Waals surface area contributed by atoms with Crippen molar-refractivity contribution in [3.63, 3.8) is 0 Å². The van der Waals surface area contributed by atoms with Crippen LogP contribution in [0.5, 0.6) is 11.5 Å². The van der Waals surface area contributed by atoms with Gasteiger partial charge in [-0.05, 0) is 42.3 Å². The first kappa shape index (κ1) is 13.2. The Labute approximate surface area is 122 Å². The first-order valence-electron chi connectivity index (χ1n) is 6.80. The van der Waals surface area contributed by atoms with Gasteiger partial charge in [0.2, 0.25) is 0 Å². The second kappa shape index (κ2) is 6.07. The highest BCUT2D eigenvalue weighted by atomic mass is 32.1. The number of ether oxygens (including phenoxy) is 1. The Kier molecular flexibility index (Phi) is 4.00. The summed E-state index contributed by atoms with van der Waals surface area (Å²) in [6.45, 7) is 0.714. The predicted molar refractivity (Wildman–Crippen MR) is 85.7 cm³/mol. The lowest BCUT2D eigenvalue weighted by Crippen LogP contribution is -2.00. The number of aryl methyl sites for hydroxylation is 1. The van der Waals surface area contributed by atoms with E-state index < -0.39 is 0 Å². The highest BCUT2D eigenvalue weighted by molar-refractivity contribution is 7.10. The fraction of sp³-hybridized carbons (Fsp3) is 0.176. The summed E-state index contributed by atoms with van der Waals surface area (Å²) in [5.74, 6) is 1.87. The zero-order chi connectivity index (χ0) is 13.8. The van der Waals surface area contributed by atoms with Crippen LogP contribution in [0.1, 0.15) is 11.3 Å². The standard InChI is InChI=1S/C17H17NOS/c18-11-4-9-17-16(10-12-20-17)19-15-8-3-6-13-5-1-2-7-14(13)15/h1-3,5-8,10,12H,4,9,11,18H2. The van der Waals surface area contributed by atoms with Crippen molar-refractivity contribution in [3.05, 3.63) is 58.8 Å². The molecule has 0 unspecified atom stereocenters. The van der Waals surface area contributed by atoms with Gasteiger partial charge in [0.15, 0.2) is 0 Å². The molecule has 3 rings (SSSR count). The molecule has 0 spiro atoms. The molecule has 0 aliphatic carbocycles. The number of nitrogens with two attached hydrogens (primary N) is 1. The number of benzene rings is 2. The molecular formula is C17H17NOS. The third kappa shape index (κ3) is 2.69. The molecule has 0 saturated heterocycles. The van der Waals surface area contributed by atoms with Crippen LogP contribution in [0.2, 0.25) is 0 Å². The van der Waals surface area contributed by atoms with Gasteiger partial charge in [-0.15, -0.1) is 11.3 Å². The molecule has 3 heteroatoms. The Hall–Kier alpha value is -1.84. The largest absolute Gasteiger partial charge is 0.456 e. The van der Waals surface area contributed by atoms with E-state index in [-0.39, 0.29) is 0 Å².